The van der Waals surface area contributed by atoms with Crippen LogP contribution in [-0.4, -0.2) is 19.1 Å². The molecule has 3 nitrogen and oxygen atoms in total. The van der Waals surface area contributed by atoms with E-state index in [1.54, 1.807) is 0 Å². The lowest BCUT2D eigenvalue weighted by atomic mass is 9.89. The zero-order valence-electron chi connectivity index (χ0n) is 6.88. The Morgan fingerprint density at radius 3 is 2.91 bits per heavy atom. The van der Waals surface area contributed by atoms with Crippen LogP contribution >= 0.6 is 0 Å². The van der Waals surface area contributed by atoms with Gasteiger partial charge in [-0.1, -0.05) is 6.92 Å². The summed E-state index contributed by atoms with van der Waals surface area (Å²) in [4.78, 5) is 10.9. The maximum absolute atomic E-state index is 10.9. The van der Waals surface area contributed by atoms with E-state index in [1.165, 1.54) is 0 Å². The van der Waals surface area contributed by atoms with Crippen LogP contribution in [0.4, 0.5) is 0 Å². The summed E-state index contributed by atoms with van der Waals surface area (Å²) in [5, 5.41) is 0. The van der Waals surface area contributed by atoms with Crippen LogP contribution in [0.15, 0.2) is 0 Å². The zero-order chi connectivity index (χ0) is 8.27. The molecule has 1 fully saturated rings. The van der Waals surface area contributed by atoms with Crippen molar-refractivity contribution in [1.82, 2.24) is 0 Å². The van der Waals surface area contributed by atoms with Gasteiger partial charge in [0.1, 0.15) is 0 Å². The molecule has 3 heteroatoms. The van der Waals surface area contributed by atoms with Crippen molar-refractivity contribution in [2.75, 3.05) is 13.2 Å². The highest BCUT2D eigenvalue weighted by Crippen LogP contribution is 2.23. The maximum Gasteiger partial charge on any atom is 0.220 e. The summed E-state index contributed by atoms with van der Waals surface area (Å²) in [6.07, 6.45) is 1.82. The third-order valence-electron chi connectivity index (χ3n) is 2.34. The summed E-state index contributed by atoms with van der Waals surface area (Å²) in [7, 11) is 0. The minimum Gasteiger partial charge on any atom is -0.381 e. The van der Waals surface area contributed by atoms with E-state index in [4.69, 9.17) is 10.5 Å². The van der Waals surface area contributed by atoms with Crippen molar-refractivity contribution in [2.24, 2.45) is 17.6 Å². The average molecular weight is 157 g/mol. The summed E-state index contributed by atoms with van der Waals surface area (Å²) in [5.41, 5.74) is 5.23. The molecule has 2 unspecified atom stereocenters. The highest BCUT2D eigenvalue weighted by molar-refractivity contribution is 5.76. The van der Waals surface area contributed by atoms with Crippen molar-refractivity contribution in [1.29, 1.82) is 0 Å². The van der Waals surface area contributed by atoms with Gasteiger partial charge in [0.05, 0.1) is 6.61 Å². The molecule has 0 saturated carbocycles. The van der Waals surface area contributed by atoms with Crippen LogP contribution in [0.5, 0.6) is 0 Å². The normalized spacial score (nSPS) is 26.8. The largest absolute Gasteiger partial charge is 0.381 e. The molecule has 1 aliphatic heterocycles. The first-order chi connectivity index (χ1) is 5.25. The molecule has 2 atom stereocenters. The van der Waals surface area contributed by atoms with Crippen LogP contribution in [0.2, 0.25) is 0 Å². The monoisotopic (exact) mass is 157 g/mol. The van der Waals surface area contributed by atoms with Gasteiger partial charge in [-0.15, -0.1) is 0 Å². The number of carbonyl (C=O) groups is 1. The average Bonchev–Trinajstić information content (AvgIpc) is 2.40. The quantitative estimate of drug-likeness (QED) is 0.649. The topological polar surface area (TPSA) is 52.3 Å². The van der Waals surface area contributed by atoms with Crippen LogP contribution in [-0.2, 0) is 9.53 Å². The maximum atomic E-state index is 10.9. The second kappa shape index (κ2) is 3.72. The lowest BCUT2D eigenvalue weighted by molar-refractivity contribution is -0.123. The number of nitrogens with two attached hydrogens (primary N) is 1. The Labute approximate surface area is 66.9 Å². The fourth-order valence-corrected chi connectivity index (χ4v) is 1.64. The highest BCUT2D eigenvalue weighted by atomic mass is 16.5. The summed E-state index contributed by atoms with van der Waals surface area (Å²) < 4.78 is 5.18. The van der Waals surface area contributed by atoms with Gasteiger partial charge >= 0.3 is 0 Å². The van der Waals surface area contributed by atoms with Crippen molar-refractivity contribution >= 4 is 5.91 Å². The molecular formula is C8H15NO2. The molecule has 1 amide bonds. The van der Waals surface area contributed by atoms with Gasteiger partial charge in [0.15, 0.2) is 0 Å². The summed E-state index contributed by atoms with van der Waals surface area (Å²) in [6, 6.07) is 0. The fourth-order valence-electron chi connectivity index (χ4n) is 1.64. The van der Waals surface area contributed by atoms with Crippen molar-refractivity contribution in [3.05, 3.63) is 0 Å². The molecule has 0 aromatic rings. The first kappa shape index (κ1) is 8.53. The number of ether oxygens (including phenoxy) is 1. The SMILES string of the molecule is CCC(C(N)=O)C1CCOC1. The third kappa shape index (κ3) is 1.93. The fraction of sp³-hybridized carbons (Fsp3) is 0.875. The van der Waals surface area contributed by atoms with Crippen molar-refractivity contribution in [3.8, 4) is 0 Å². The first-order valence-corrected chi connectivity index (χ1v) is 4.12. The smallest absolute Gasteiger partial charge is 0.220 e. The van der Waals surface area contributed by atoms with Crippen LogP contribution in [0.25, 0.3) is 0 Å². The van der Waals surface area contributed by atoms with E-state index < -0.39 is 0 Å². The lowest BCUT2D eigenvalue weighted by Crippen LogP contribution is -2.29. The van der Waals surface area contributed by atoms with E-state index in [2.05, 4.69) is 0 Å². The van der Waals surface area contributed by atoms with Gasteiger partial charge in [-0.3, -0.25) is 4.79 Å². The van der Waals surface area contributed by atoms with Crippen molar-refractivity contribution < 1.29 is 9.53 Å². The molecule has 2 N–H and O–H groups in total. The molecule has 0 radical (unpaired) electrons. The molecule has 64 valence electrons. The van der Waals surface area contributed by atoms with Crippen molar-refractivity contribution in [2.45, 2.75) is 19.8 Å². The summed E-state index contributed by atoms with van der Waals surface area (Å²) in [6.45, 7) is 3.49. The number of carbonyl (C=O) groups excluding carboxylic acids is 1. The van der Waals surface area contributed by atoms with Gasteiger partial charge in [-0.05, 0) is 18.8 Å². The molecular weight excluding hydrogens is 142 g/mol. The molecule has 1 rings (SSSR count). The molecule has 0 aromatic heterocycles. The van der Waals surface area contributed by atoms with Gasteiger partial charge in [0.2, 0.25) is 5.91 Å². The zero-order valence-corrected chi connectivity index (χ0v) is 6.88. The van der Waals surface area contributed by atoms with Crippen LogP contribution in [0.1, 0.15) is 19.8 Å². The molecule has 0 spiro atoms. The van der Waals surface area contributed by atoms with E-state index >= 15 is 0 Å². The predicted octanol–water partition coefficient (Wildman–Crippen LogP) is 0.534. The summed E-state index contributed by atoms with van der Waals surface area (Å²) in [5.74, 6) is 0.220. The second-order valence-corrected chi connectivity index (χ2v) is 3.04. The number of hydrogen-bond acceptors (Lipinski definition) is 2. The van der Waals surface area contributed by atoms with Crippen LogP contribution < -0.4 is 5.73 Å². The Hall–Kier alpha value is -0.570. The Bertz CT molecular complexity index is 141. The van der Waals surface area contributed by atoms with Gasteiger partial charge in [0, 0.05) is 12.5 Å². The predicted molar refractivity (Wildman–Crippen MR) is 41.9 cm³/mol. The van der Waals surface area contributed by atoms with E-state index in [-0.39, 0.29) is 11.8 Å². The number of amides is 1. The van der Waals surface area contributed by atoms with E-state index in [0.717, 1.165) is 19.4 Å². The Kier molecular flexibility index (Phi) is 2.88. The Balaban J connectivity index is 2.46. The standard InChI is InChI=1S/C8H15NO2/c1-2-7(8(9)10)6-3-4-11-5-6/h6-7H,2-5H2,1H3,(H2,9,10). The first-order valence-electron chi connectivity index (χ1n) is 4.12. The van der Waals surface area contributed by atoms with Crippen LogP contribution in [0.3, 0.4) is 0 Å². The van der Waals surface area contributed by atoms with Crippen molar-refractivity contribution in [3.63, 3.8) is 0 Å². The molecule has 1 heterocycles. The summed E-state index contributed by atoms with van der Waals surface area (Å²) >= 11 is 0. The highest BCUT2D eigenvalue weighted by Gasteiger charge is 2.27. The molecule has 0 aromatic carbocycles. The molecule has 0 aliphatic carbocycles. The van der Waals surface area contributed by atoms with Crippen LogP contribution in [0, 0.1) is 11.8 Å². The minimum absolute atomic E-state index is 0.0255. The molecule has 11 heavy (non-hydrogen) atoms. The van der Waals surface area contributed by atoms with E-state index in [9.17, 15) is 4.79 Å². The van der Waals surface area contributed by atoms with Gasteiger partial charge in [-0.25, -0.2) is 0 Å². The molecule has 1 saturated heterocycles. The van der Waals surface area contributed by atoms with E-state index in [1.807, 2.05) is 6.92 Å². The van der Waals surface area contributed by atoms with Gasteiger partial charge < -0.3 is 10.5 Å². The Morgan fingerprint density at radius 1 is 1.82 bits per heavy atom. The molecule has 0 bridgehead atoms. The minimum atomic E-state index is -0.178. The van der Waals surface area contributed by atoms with Gasteiger partial charge in [0.25, 0.3) is 0 Å². The lowest BCUT2D eigenvalue weighted by Gasteiger charge is -2.16. The number of primary amides is 1. The number of rotatable bonds is 3. The third-order valence-corrected chi connectivity index (χ3v) is 2.34. The number of hydrogen-bond donors (Lipinski definition) is 1. The molecule has 1 aliphatic rings. The van der Waals surface area contributed by atoms with E-state index in [0.29, 0.717) is 12.5 Å². The Morgan fingerprint density at radius 2 is 2.55 bits per heavy atom. The van der Waals surface area contributed by atoms with Gasteiger partial charge in [-0.2, -0.15) is 0 Å². The second-order valence-electron chi connectivity index (χ2n) is 3.04.